The second-order valence-electron chi connectivity index (χ2n) is 5.17. The van der Waals surface area contributed by atoms with Gasteiger partial charge in [-0.3, -0.25) is 4.98 Å². The fourth-order valence-electron chi connectivity index (χ4n) is 2.47. The van der Waals surface area contributed by atoms with E-state index in [1.54, 1.807) is 0 Å². The van der Waals surface area contributed by atoms with Gasteiger partial charge < -0.3 is 5.32 Å². The van der Waals surface area contributed by atoms with Crippen LogP contribution in [0.5, 0.6) is 0 Å². The van der Waals surface area contributed by atoms with Crippen LogP contribution in [0.3, 0.4) is 0 Å². The first-order valence-corrected chi connectivity index (χ1v) is 8.38. The first-order chi connectivity index (χ1) is 10.1. The monoisotopic (exact) mass is 366 g/mol. The van der Waals surface area contributed by atoms with Crippen molar-refractivity contribution in [2.45, 2.75) is 32.2 Å². The number of pyridine rings is 1. The molecular formula is C17H20BrClN2. The second-order valence-corrected chi connectivity index (χ2v) is 6.46. The maximum atomic E-state index is 6.19. The zero-order valence-corrected chi connectivity index (χ0v) is 14.7. The Balaban J connectivity index is 2.36. The lowest BCUT2D eigenvalue weighted by Crippen LogP contribution is -2.27. The summed E-state index contributed by atoms with van der Waals surface area (Å²) in [6.45, 7) is 5.38. The molecule has 21 heavy (non-hydrogen) atoms. The molecule has 0 bridgehead atoms. The van der Waals surface area contributed by atoms with Crippen molar-refractivity contribution < 1.29 is 0 Å². The van der Waals surface area contributed by atoms with Crippen LogP contribution in [-0.2, 0) is 0 Å². The smallest absolute Gasteiger partial charge is 0.0410 e. The largest absolute Gasteiger partial charge is 0.309 e. The molecule has 0 aliphatic rings. The fourth-order valence-corrected chi connectivity index (χ4v) is 3.14. The van der Waals surface area contributed by atoms with Crippen LogP contribution in [0, 0.1) is 0 Å². The van der Waals surface area contributed by atoms with Crippen molar-refractivity contribution in [3.63, 3.8) is 0 Å². The highest BCUT2D eigenvalue weighted by Crippen LogP contribution is 2.35. The number of nitrogens with one attached hydrogen (secondary N) is 1. The molecule has 0 fully saturated rings. The number of halogens is 2. The van der Waals surface area contributed by atoms with Crippen LogP contribution in [0.15, 0.2) is 47.2 Å². The number of benzene rings is 1. The van der Waals surface area contributed by atoms with Crippen LogP contribution in [0.4, 0.5) is 0 Å². The maximum Gasteiger partial charge on any atom is 0.0410 e. The third-order valence-electron chi connectivity index (χ3n) is 3.64. The summed E-state index contributed by atoms with van der Waals surface area (Å²) in [5.74, 6) is 0.328. The molecule has 2 aromatic rings. The highest BCUT2D eigenvalue weighted by Gasteiger charge is 2.22. The molecule has 2 atom stereocenters. The van der Waals surface area contributed by atoms with Gasteiger partial charge in [-0.05, 0) is 54.4 Å². The minimum Gasteiger partial charge on any atom is -0.309 e. The third-order valence-corrected chi connectivity index (χ3v) is 4.60. The Labute approximate surface area is 140 Å². The topological polar surface area (TPSA) is 24.9 Å². The third kappa shape index (κ3) is 4.29. The van der Waals surface area contributed by atoms with Crippen molar-refractivity contribution in [3.8, 4) is 0 Å². The predicted molar refractivity (Wildman–Crippen MR) is 92.8 cm³/mol. The molecule has 2 unspecified atom stereocenters. The molecule has 1 aromatic heterocycles. The number of hydrogen-bond acceptors (Lipinski definition) is 2. The van der Waals surface area contributed by atoms with E-state index >= 15 is 0 Å². The average Bonchev–Trinajstić information content (AvgIpc) is 2.51. The van der Waals surface area contributed by atoms with Gasteiger partial charge in [0.15, 0.2) is 0 Å². The number of nitrogens with zero attached hydrogens (tertiary/aromatic N) is 1. The van der Waals surface area contributed by atoms with Gasteiger partial charge in [0.2, 0.25) is 0 Å². The lowest BCUT2D eigenvalue weighted by atomic mass is 9.89. The summed E-state index contributed by atoms with van der Waals surface area (Å²) in [7, 11) is 0. The van der Waals surface area contributed by atoms with E-state index in [0.717, 1.165) is 22.5 Å². The van der Waals surface area contributed by atoms with Crippen LogP contribution in [0.25, 0.3) is 0 Å². The molecule has 0 aliphatic carbocycles. The van der Waals surface area contributed by atoms with Crippen molar-refractivity contribution in [1.29, 1.82) is 0 Å². The number of hydrogen-bond donors (Lipinski definition) is 1. The van der Waals surface area contributed by atoms with Crippen LogP contribution >= 0.6 is 27.5 Å². The molecule has 1 heterocycles. The minimum absolute atomic E-state index is 0.209. The molecule has 4 heteroatoms. The molecule has 112 valence electrons. The van der Waals surface area contributed by atoms with Crippen molar-refractivity contribution in [2.24, 2.45) is 0 Å². The lowest BCUT2D eigenvalue weighted by molar-refractivity contribution is 0.465. The molecule has 0 saturated heterocycles. The summed E-state index contributed by atoms with van der Waals surface area (Å²) in [5, 5.41) is 4.41. The van der Waals surface area contributed by atoms with Crippen LogP contribution in [0.2, 0.25) is 5.02 Å². The van der Waals surface area contributed by atoms with E-state index in [1.807, 2.05) is 30.6 Å². The molecule has 2 rings (SSSR count). The van der Waals surface area contributed by atoms with Crippen molar-refractivity contribution >= 4 is 27.5 Å². The average molecular weight is 368 g/mol. The van der Waals surface area contributed by atoms with Gasteiger partial charge in [-0.1, -0.05) is 41.4 Å². The van der Waals surface area contributed by atoms with Gasteiger partial charge in [-0.15, -0.1) is 0 Å². The first kappa shape index (κ1) is 16.5. The normalized spacial score (nSPS) is 13.9. The van der Waals surface area contributed by atoms with Gasteiger partial charge in [-0.2, -0.15) is 0 Å². The Hall–Kier alpha value is -0.900. The van der Waals surface area contributed by atoms with E-state index in [2.05, 4.69) is 52.2 Å². The van der Waals surface area contributed by atoms with Gasteiger partial charge in [0.1, 0.15) is 0 Å². The molecule has 2 nitrogen and oxygen atoms in total. The van der Waals surface area contributed by atoms with Crippen molar-refractivity contribution in [3.05, 3.63) is 63.3 Å². The standard InChI is InChI=1S/C17H20BrClN2/c1-3-8-21-17(12(2)13-6-9-20-10-7-13)15-11-14(19)4-5-16(15)18/h4-7,9-12,17,21H,3,8H2,1-2H3. The molecule has 1 N–H and O–H groups in total. The molecule has 0 amide bonds. The Morgan fingerprint density at radius 1 is 1.24 bits per heavy atom. The van der Waals surface area contributed by atoms with E-state index in [0.29, 0.717) is 5.92 Å². The highest BCUT2D eigenvalue weighted by atomic mass is 79.9. The quantitative estimate of drug-likeness (QED) is 0.745. The van der Waals surface area contributed by atoms with Crippen LogP contribution in [-0.4, -0.2) is 11.5 Å². The Morgan fingerprint density at radius 3 is 2.62 bits per heavy atom. The summed E-state index contributed by atoms with van der Waals surface area (Å²) in [4.78, 5) is 4.10. The van der Waals surface area contributed by atoms with Gasteiger partial charge in [-0.25, -0.2) is 0 Å². The summed E-state index contributed by atoms with van der Waals surface area (Å²) in [5.41, 5.74) is 2.46. The summed E-state index contributed by atoms with van der Waals surface area (Å²) in [6.07, 6.45) is 4.78. The highest BCUT2D eigenvalue weighted by molar-refractivity contribution is 9.10. The summed E-state index contributed by atoms with van der Waals surface area (Å²) >= 11 is 9.84. The zero-order chi connectivity index (χ0) is 15.2. The Kier molecular flexibility index (Phi) is 6.22. The van der Waals surface area contributed by atoms with E-state index in [1.165, 1.54) is 11.1 Å². The van der Waals surface area contributed by atoms with Gasteiger partial charge in [0.05, 0.1) is 0 Å². The zero-order valence-electron chi connectivity index (χ0n) is 12.3. The summed E-state index contributed by atoms with van der Waals surface area (Å²) in [6, 6.07) is 10.3. The number of aromatic nitrogens is 1. The van der Waals surface area contributed by atoms with E-state index in [9.17, 15) is 0 Å². The van der Waals surface area contributed by atoms with Gasteiger partial charge in [0.25, 0.3) is 0 Å². The van der Waals surface area contributed by atoms with Crippen molar-refractivity contribution in [1.82, 2.24) is 10.3 Å². The second kappa shape index (κ2) is 7.92. The first-order valence-electron chi connectivity index (χ1n) is 7.21. The molecule has 1 aromatic carbocycles. The molecular weight excluding hydrogens is 348 g/mol. The van der Waals surface area contributed by atoms with E-state index in [-0.39, 0.29) is 6.04 Å². The lowest BCUT2D eigenvalue weighted by Gasteiger charge is -2.27. The summed E-state index contributed by atoms with van der Waals surface area (Å²) < 4.78 is 1.08. The molecule has 0 radical (unpaired) electrons. The maximum absolute atomic E-state index is 6.19. The van der Waals surface area contributed by atoms with Crippen LogP contribution < -0.4 is 5.32 Å². The fraction of sp³-hybridized carbons (Fsp3) is 0.353. The molecule has 0 aliphatic heterocycles. The van der Waals surface area contributed by atoms with Gasteiger partial charge in [0, 0.05) is 33.8 Å². The molecule has 0 spiro atoms. The number of rotatable bonds is 6. The minimum atomic E-state index is 0.209. The van der Waals surface area contributed by atoms with Crippen LogP contribution in [0.1, 0.15) is 43.4 Å². The molecule has 0 saturated carbocycles. The SMILES string of the molecule is CCCNC(c1cc(Cl)ccc1Br)C(C)c1ccncc1. The van der Waals surface area contributed by atoms with Crippen molar-refractivity contribution in [2.75, 3.05) is 6.54 Å². The van der Waals surface area contributed by atoms with Gasteiger partial charge >= 0.3 is 0 Å². The Morgan fingerprint density at radius 2 is 1.95 bits per heavy atom. The predicted octanol–water partition coefficient (Wildman–Crippen LogP) is 5.34. The van der Waals surface area contributed by atoms with E-state index < -0.39 is 0 Å². The Bertz CT molecular complexity index is 574. The van der Waals surface area contributed by atoms with E-state index in [4.69, 9.17) is 11.6 Å².